The molecule has 1 aromatic rings. The SMILES string of the molecule is CN(C(=O)c1cccc(O)c1)C1CCS(=O)(=O)C1. The summed E-state index contributed by atoms with van der Waals surface area (Å²) < 4.78 is 22.8. The molecular weight excluding hydrogens is 254 g/mol. The van der Waals surface area contributed by atoms with E-state index in [1.54, 1.807) is 19.2 Å². The molecule has 1 amide bonds. The third-order valence-corrected chi connectivity index (χ3v) is 4.92. The van der Waals surface area contributed by atoms with Crippen LogP contribution in [0.1, 0.15) is 16.8 Å². The van der Waals surface area contributed by atoms with Crippen molar-refractivity contribution in [3.63, 3.8) is 0 Å². The summed E-state index contributed by atoms with van der Waals surface area (Å²) in [5, 5.41) is 9.33. The highest BCUT2D eigenvalue weighted by Gasteiger charge is 2.32. The van der Waals surface area contributed by atoms with Crippen molar-refractivity contribution in [3.8, 4) is 5.75 Å². The fourth-order valence-corrected chi connectivity index (χ4v) is 3.86. The quantitative estimate of drug-likeness (QED) is 0.855. The number of nitrogens with zero attached hydrogens (tertiary/aromatic N) is 1. The summed E-state index contributed by atoms with van der Waals surface area (Å²) >= 11 is 0. The van der Waals surface area contributed by atoms with Gasteiger partial charge in [0.25, 0.3) is 5.91 Å². The minimum absolute atomic E-state index is 0.0216. The van der Waals surface area contributed by atoms with Crippen molar-refractivity contribution in [1.82, 2.24) is 4.90 Å². The Morgan fingerprint density at radius 2 is 2.17 bits per heavy atom. The Hall–Kier alpha value is -1.56. The Balaban J connectivity index is 2.15. The number of carbonyl (C=O) groups is 1. The van der Waals surface area contributed by atoms with Gasteiger partial charge < -0.3 is 10.0 Å². The summed E-state index contributed by atoms with van der Waals surface area (Å²) in [6.45, 7) is 0. The first-order chi connectivity index (χ1) is 8.39. The lowest BCUT2D eigenvalue weighted by Crippen LogP contribution is -2.37. The molecule has 0 spiro atoms. The fraction of sp³-hybridized carbons (Fsp3) is 0.417. The average molecular weight is 269 g/mol. The molecule has 1 aromatic carbocycles. The molecule has 2 rings (SSSR count). The molecule has 1 saturated heterocycles. The Labute approximate surface area is 106 Å². The number of amides is 1. The lowest BCUT2D eigenvalue weighted by Gasteiger charge is -2.23. The molecule has 0 aromatic heterocycles. The Kier molecular flexibility index (Phi) is 3.30. The number of benzene rings is 1. The van der Waals surface area contributed by atoms with Crippen LogP contribution in [0.3, 0.4) is 0 Å². The molecule has 1 atom stereocenters. The summed E-state index contributed by atoms with van der Waals surface area (Å²) in [6, 6.07) is 5.77. The van der Waals surface area contributed by atoms with Crippen LogP contribution in [0.25, 0.3) is 0 Å². The van der Waals surface area contributed by atoms with Crippen LogP contribution in [0.2, 0.25) is 0 Å². The largest absolute Gasteiger partial charge is 0.508 e. The molecule has 6 heteroatoms. The predicted molar refractivity (Wildman–Crippen MR) is 67.3 cm³/mol. The molecule has 0 saturated carbocycles. The number of rotatable bonds is 2. The van der Waals surface area contributed by atoms with Crippen LogP contribution in [0.4, 0.5) is 0 Å². The van der Waals surface area contributed by atoms with E-state index in [0.29, 0.717) is 12.0 Å². The average Bonchev–Trinajstić information content (AvgIpc) is 2.68. The monoisotopic (exact) mass is 269 g/mol. The van der Waals surface area contributed by atoms with Crippen LogP contribution in [-0.4, -0.2) is 48.9 Å². The Bertz CT molecular complexity index is 567. The molecule has 1 heterocycles. The van der Waals surface area contributed by atoms with Crippen molar-refractivity contribution in [1.29, 1.82) is 0 Å². The molecular formula is C12H15NO4S. The Morgan fingerprint density at radius 1 is 1.44 bits per heavy atom. The topological polar surface area (TPSA) is 74.7 Å². The zero-order valence-corrected chi connectivity index (χ0v) is 10.9. The molecule has 0 radical (unpaired) electrons. The number of hydrogen-bond donors (Lipinski definition) is 1. The van der Waals surface area contributed by atoms with Crippen LogP contribution in [0.5, 0.6) is 5.75 Å². The van der Waals surface area contributed by atoms with Crippen molar-refractivity contribution in [2.45, 2.75) is 12.5 Å². The second kappa shape index (κ2) is 4.61. The number of hydrogen-bond acceptors (Lipinski definition) is 4. The number of aromatic hydroxyl groups is 1. The van der Waals surface area contributed by atoms with Crippen LogP contribution in [0.15, 0.2) is 24.3 Å². The van der Waals surface area contributed by atoms with Crippen LogP contribution < -0.4 is 0 Å². The number of phenols is 1. The summed E-state index contributed by atoms with van der Waals surface area (Å²) in [6.07, 6.45) is 0.476. The maximum Gasteiger partial charge on any atom is 0.254 e. The summed E-state index contributed by atoms with van der Waals surface area (Å²) in [4.78, 5) is 13.6. The van der Waals surface area contributed by atoms with Crippen molar-refractivity contribution >= 4 is 15.7 Å². The standard InChI is InChI=1S/C12H15NO4S/c1-13(10-5-6-18(16,17)8-10)12(15)9-3-2-4-11(14)7-9/h2-4,7,10,14H,5-6,8H2,1H3. The van der Waals surface area contributed by atoms with E-state index >= 15 is 0 Å². The number of phenolic OH excluding ortho intramolecular Hbond substituents is 1. The van der Waals surface area contributed by atoms with E-state index < -0.39 is 9.84 Å². The maximum absolute atomic E-state index is 12.1. The van der Waals surface area contributed by atoms with Gasteiger partial charge >= 0.3 is 0 Å². The van der Waals surface area contributed by atoms with Gasteiger partial charge in [0.1, 0.15) is 5.75 Å². The van der Waals surface area contributed by atoms with Crippen molar-refractivity contribution < 1.29 is 18.3 Å². The highest BCUT2D eigenvalue weighted by atomic mass is 32.2. The fourth-order valence-electron chi connectivity index (χ4n) is 2.09. The van der Waals surface area contributed by atoms with Crippen molar-refractivity contribution in [2.75, 3.05) is 18.6 Å². The highest BCUT2D eigenvalue weighted by Crippen LogP contribution is 2.19. The first-order valence-electron chi connectivity index (χ1n) is 5.66. The van der Waals surface area contributed by atoms with Crippen molar-refractivity contribution in [3.05, 3.63) is 29.8 Å². The summed E-state index contributed by atoms with van der Waals surface area (Å²) in [7, 11) is -1.41. The number of sulfone groups is 1. The lowest BCUT2D eigenvalue weighted by molar-refractivity contribution is 0.0747. The van der Waals surface area contributed by atoms with Gasteiger partial charge in [0.05, 0.1) is 11.5 Å². The minimum Gasteiger partial charge on any atom is -0.508 e. The zero-order chi connectivity index (χ0) is 13.3. The molecule has 1 fully saturated rings. The van der Waals surface area contributed by atoms with Crippen molar-refractivity contribution in [2.24, 2.45) is 0 Å². The summed E-state index contributed by atoms with van der Waals surface area (Å²) in [5.41, 5.74) is 0.363. The van der Waals surface area contributed by atoms with E-state index in [-0.39, 0.29) is 29.2 Å². The van der Waals surface area contributed by atoms with Crippen LogP contribution in [-0.2, 0) is 9.84 Å². The lowest BCUT2D eigenvalue weighted by atomic mass is 10.1. The van der Waals surface area contributed by atoms with Gasteiger partial charge in [-0.3, -0.25) is 4.79 Å². The molecule has 1 aliphatic heterocycles. The summed E-state index contributed by atoms with van der Waals surface area (Å²) in [5.74, 6) is -0.0927. The van der Waals surface area contributed by atoms with Gasteiger partial charge in [0.15, 0.2) is 9.84 Å². The molecule has 1 unspecified atom stereocenters. The van der Waals surface area contributed by atoms with Gasteiger partial charge in [0.2, 0.25) is 0 Å². The van der Waals surface area contributed by atoms with E-state index in [9.17, 15) is 18.3 Å². The first kappa shape index (κ1) is 12.9. The van der Waals surface area contributed by atoms with E-state index in [1.807, 2.05) is 0 Å². The zero-order valence-electron chi connectivity index (χ0n) is 10.0. The molecule has 5 nitrogen and oxygen atoms in total. The van der Waals surface area contributed by atoms with Gasteiger partial charge in [0, 0.05) is 18.7 Å². The van der Waals surface area contributed by atoms with Gasteiger partial charge in [-0.2, -0.15) is 0 Å². The van der Waals surface area contributed by atoms with Crippen LogP contribution in [0, 0.1) is 0 Å². The van der Waals surface area contributed by atoms with Gasteiger partial charge in [-0.25, -0.2) is 8.42 Å². The molecule has 1 aliphatic rings. The number of carbonyl (C=O) groups excluding carboxylic acids is 1. The smallest absolute Gasteiger partial charge is 0.254 e. The van der Waals surface area contributed by atoms with Gasteiger partial charge in [-0.05, 0) is 24.6 Å². The Morgan fingerprint density at radius 3 is 2.72 bits per heavy atom. The molecule has 98 valence electrons. The second-order valence-corrected chi connectivity index (χ2v) is 6.75. The first-order valence-corrected chi connectivity index (χ1v) is 7.48. The van der Waals surface area contributed by atoms with E-state index in [1.165, 1.54) is 17.0 Å². The maximum atomic E-state index is 12.1. The molecule has 0 aliphatic carbocycles. The van der Waals surface area contributed by atoms with Crippen LogP contribution >= 0.6 is 0 Å². The molecule has 0 bridgehead atoms. The van der Waals surface area contributed by atoms with E-state index in [4.69, 9.17) is 0 Å². The van der Waals surface area contributed by atoms with Gasteiger partial charge in [-0.1, -0.05) is 6.07 Å². The minimum atomic E-state index is -3.01. The van der Waals surface area contributed by atoms with E-state index in [0.717, 1.165) is 0 Å². The van der Waals surface area contributed by atoms with E-state index in [2.05, 4.69) is 0 Å². The normalized spacial score (nSPS) is 21.7. The predicted octanol–water partition coefficient (Wildman–Crippen LogP) is 0.651. The second-order valence-electron chi connectivity index (χ2n) is 4.52. The molecule has 18 heavy (non-hydrogen) atoms. The molecule has 1 N–H and O–H groups in total. The highest BCUT2D eigenvalue weighted by molar-refractivity contribution is 7.91. The van der Waals surface area contributed by atoms with Gasteiger partial charge in [-0.15, -0.1) is 0 Å². The third kappa shape index (κ3) is 2.64. The third-order valence-electron chi connectivity index (χ3n) is 3.17.